The van der Waals surface area contributed by atoms with E-state index in [1.807, 2.05) is 73.1 Å². The Kier molecular flexibility index (Phi) is 5.17. The van der Waals surface area contributed by atoms with Gasteiger partial charge in [0.1, 0.15) is 11.5 Å². The molecule has 0 spiro atoms. The maximum atomic E-state index is 6.40. The van der Waals surface area contributed by atoms with Gasteiger partial charge in [-0.05, 0) is 32.1 Å². The van der Waals surface area contributed by atoms with Crippen LogP contribution in [0.25, 0.3) is 22.5 Å². The number of nitrogens with two attached hydrogens (primary N) is 1. The molecule has 5 heteroatoms. The fraction of sp³-hybridized carbons (Fsp3) is 0.143. The molecule has 3 N–H and O–H groups in total. The van der Waals surface area contributed by atoms with Gasteiger partial charge >= 0.3 is 0 Å². The highest BCUT2D eigenvalue weighted by molar-refractivity contribution is 5.93. The second-order valence-electron chi connectivity index (χ2n) is 6.27. The van der Waals surface area contributed by atoms with Crippen molar-refractivity contribution in [3.8, 4) is 11.3 Å². The van der Waals surface area contributed by atoms with Crippen LogP contribution in [0.2, 0.25) is 0 Å². The van der Waals surface area contributed by atoms with Crippen molar-refractivity contribution < 1.29 is 0 Å². The van der Waals surface area contributed by atoms with Crippen LogP contribution < -0.4 is 11.1 Å². The topological polar surface area (TPSA) is 67.7 Å². The van der Waals surface area contributed by atoms with E-state index in [0.717, 1.165) is 22.3 Å². The molecule has 0 saturated carbocycles. The molecule has 1 aromatic carbocycles. The maximum Gasteiger partial charge on any atom is 0.118 e. The third kappa shape index (κ3) is 3.83. The van der Waals surface area contributed by atoms with Crippen LogP contribution in [0.4, 0.5) is 0 Å². The van der Waals surface area contributed by atoms with Crippen LogP contribution in [0.3, 0.4) is 0 Å². The molecular weight excluding hydrogens is 322 g/mol. The van der Waals surface area contributed by atoms with Crippen LogP contribution in [-0.4, -0.2) is 21.9 Å². The van der Waals surface area contributed by atoms with Gasteiger partial charge in [-0.3, -0.25) is 0 Å². The lowest BCUT2D eigenvalue weighted by Gasteiger charge is -2.07. The first-order valence-corrected chi connectivity index (χ1v) is 8.54. The minimum absolute atomic E-state index is 0.283. The summed E-state index contributed by atoms with van der Waals surface area (Å²) >= 11 is 0. The fourth-order valence-corrected chi connectivity index (χ4v) is 2.74. The zero-order valence-electron chi connectivity index (χ0n) is 15.1. The van der Waals surface area contributed by atoms with Crippen molar-refractivity contribution in [2.45, 2.75) is 19.9 Å². The highest BCUT2D eigenvalue weighted by atomic mass is 15.2. The average molecular weight is 345 g/mol. The SMILES string of the molecule is C=C(/N=C\C=C(/N)c1c(-c2ccccc2)nn2ccccc12)NC(C)C. The van der Waals surface area contributed by atoms with E-state index in [4.69, 9.17) is 10.8 Å². The molecule has 0 radical (unpaired) electrons. The Hall–Kier alpha value is -3.34. The zero-order valence-corrected chi connectivity index (χ0v) is 15.1. The lowest BCUT2D eigenvalue weighted by molar-refractivity contribution is 0.666. The van der Waals surface area contributed by atoms with Crippen LogP contribution in [0.5, 0.6) is 0 Å². The van der Waals surface area contributed by atoms with Gasteiger partial charge in [-0.15, -0.1) is 0 Å². The molecular formula is C21H23N5. The van der Waals surface area contributed by atoms with E-state index in [-0.39, 0.29) is 6.04 Å². The number of fused-ring (bicyclic) bond motifs is 1. The molecule has 0 aliphatic heterocycles. The van der Waals surface area contributed by atoms with Gasteiger partial charge in [0.05, 0.1) is 11.1 Å². The Morgan fingerprint density at radius 2 is 1.92 bits per heavy atom. The van der Waals surface area contributed by atoms with Gasteiger partial charge < -0.3 is 11.1 Å². The summed E-state index contributed by atoms with van der Waals surface area (Å²) in [5.74, 6) is 0.604. The highest BCUT2D eigenvalue weighted by Gasteiger charge is 2.15. The van der Waals surface area contributed by atoms with Crippen molar-refractivity contribution in [1.82, 2.24) is 14.9 Å². The van der Waals surface area contributed by atoms with Crippen molar-refractivity contribution in [2.24, 2.45) is 10.7 Å². The van der Waals surface area contributed by atoms with Gasteiger partial charge in [0.15, 0.2) is 0 Å². The number of nitrogens with zero attached hydrogens (tertiary/aromatic N) is 3. The molecule has 132 valence electrons. The Labute approximate surface area is 153 Å². The van der Waals surface area contributed by atoms with Gasteiger partial charge in [0.25, 0.3) is 0 Å². The Morgan fingerprint density at radius 3 is 2.65 bits per heavy atom. The molecule has 5 nitrogen and oxygen atoms in total. The van der Waals surface area contributed by atoms with Crippen molar-refractivity contribution in [3.05, 3.63) is 78.8 Å². The van der Waals surface area contributed by atoms with Gasteiger partial charge in [-0.1, -0.05) is 43.0 Å². The van der Waals surface area contributed by atoms with Crippen molar-refractivity contribution in [3.63, 3.8) is 0 Å². The van der Waals surface area contributed by atoms with Gasteiger partial charge in [-0.2, -0.15) is 5.10 Å². The van der Waals surface area contributed by atoms with Gasteiger partial charge in [0, 0.05) is 29.7 Å². The summed E-state index contributed by atoms with van der Waals surface area (Å²) in [6, 6.07) is 16.2. The van der Waals surface area contributed by atoms with Crippen LogP contribution in [0.15, 0.2) is 78.2 Å². The molecule has 0 saturated heterocycles. The summed E-state index contributed by atoms with van der Waals surface area (Å²) in [7, 11) is 0. The summed E-state index contributed by atoms with van der Waals surface area (Å²) in [6.07, 6.45) is 5.36. The minimum atomic E-state index is 0.283. The summed E-state index contributed by atoms with van der Waals surface area (Å²) in [5.41, 5.74) is 10.7. The quantitative estimate of drug-likeness (QED) is 0.667. The molecule has 2 aromatic heterocycles. The van der Waals surface area contributed by atoms with Crippen LogP contribution in [0.1, 0.15) is 19.4 Å². The molecule has 3 rings (SSSR count). The smallest absolute Gasteiger partial charge is 0.118 e. The molecule has 26 heavy (non-hydrogen) atoms. The first-order valence-electron chi connectivity index (χ1n) is 8.54. The average Bonchev–Trinajstić information content (AvgIpc) is 3.01. The van der Waals surface area contributed by atoms with E-state index < -0.39 is 0 Å². The fourth-order valence-electron chi connectivity index (χ4n) is 2.74. The monoisotopic (exact) mass is 345 g/mol. The Morgan fingerprint density at radius 1 is 1.19 bits per heavy atom. The molecule has 3 aromatic rings. The molecule has 0 amide bonds. The van der Waals surface area contributed by atoms with E-state index in [9.17, 15) is 0 Å². The largest absolute Gasteiger partial charge is 0.398 e. The summed E-state index contributed by atoms with van der Waals surface area (Å²) < 4.78 is 1.84. The normalized spacial score (nSPS) is 12.2. The summed E-state index contributed by atoms with van der Waals surface area (Å²) in [4.78, 5) is 4.28. The number of hydrogen-bond donors (Lipinski definition) is 2. The van der Waals surface area contributed by atoms with Crippen LogP contribution in [0, 0.1) is 0 Å². The van der Waals surface area contributed by atoms with Crippen LogP contribution in [-0.2, 0) is 0 Å². The highest BCUT2D eigenvalue weighted by Crippen LogP contribution is 2.29. The third-order valence-corrected chi connectivity index (χ3v) is 3.82. The molecule has 0 atom stereocenters. The molecule has 0 unspecified atom stereocenters. The van der Waals surface area contributed by atoms with Crippen molar-refractivity contribution in [1.29, 1.82) is 0 Å². The number of nitrogens with one attached hydrogen (secondary N) is 1. The lowest BCUT2D eigenvalue weighted by Crippen LogP contribution is -2.20. The zero-order chi connectivity index (χ0) is 18.5. The van der Waals surface area contributed by atoms with E-state index >= 15 is 0 Å². The number of rotatable bonds is 6. The maximum absolute atomic E-state index is 6.40. The molecule has 0 bridgehead atoms. The number of benzene rings is 1. The Balaban J connectivity index is 2.01. The van der Waals surface area contributed by atoms with Crippen molar-refractivity contribution in [2.75, 3.05) is 0 Å². The van der Waals surface area contributed by atoms with E-state index in [2.05, 4.69) is 16.9 Å². The first-order chi connectivity index (χ1) is 12.6. The van der Waals surface area contributed by atoms with Crippen LogP contribution >= 0.6 is 0 Å². The van der Waals surface area contributed by atoms with E-state index in [1.54, 1.807) is 12.3 Å². The summed E-state index contributed by atoms with van der Waals surface area (Å²) in [5, 5.41) is 7.85. The predicted molar refractivity (Wildman–Crippen MR) is 109 cm³/mol. The number of hydrogen-bond acceptors (Lipinski definition) is 4. The van der Waals surface area contributed by atoms with E-state index in [0.29, 0.717) is 11.5 Å². The van der Waals surface area contributed by atoms with Crippen molar-refractivity contribution >= 4 is 17.4 Å². The second kappa shape index (κ2) is 7.70. The molecule has 0 aliphatic carbocycles. The lowest BCUT2D eigenvalue weighted by atomic mass is 10.0. The van der Waals surface area contributed by atoms with E-state index in [1.165, 1.54) is 0 Å². The van der Waals surface area contributed by atoms with Gasteiger partial charge in [-0.25, -0.2) is 9.51 Å². The third-order valence-electron chi connectivity index (χ3n) is 3.82. The number of aliphatic imine (C=N–C) groups is 1. The summed E-state index contributed by atoms with van der Waals surface area (Å²) in [6.45, 7) is 7.95. The molecule has 2 heterocycles. The number of pyridine rings is 1. The van der Waals surface area contributed by atoms with Gasteiger partial charge in [0.2, 0.25) is 0 Å². The standard InChI is InChI=1S/C21H23N5/c1-15(2)24-16(3)23-13-12-18(22)20-19-11-7-8-14-26(19)25-21(20)17-9-5-4-6-10-17/h4-15,24H,3,22H2,1-2H3/b18-12-,23-13-. The second-order valence-corrected chi connectivity index (χ2v) is 6.27. The first kappa shape index (κ1) is 17.5. The number of allylic oxidation sites excluding steroid dienone is 1. The molecule has 0 fully saturated rings. The predicted octanol–water partition coefficient (Wildman–Crippen LogP) is 3.84. The number of aromatic nitrogens is 2. The minimum Gasteiger partial charge on any atom is -0.398 e. The Bertz CT molecular complexity index is 964. The molecule has 0 aliphatic rings.